The predicted octanol–water partition coefficient (Wildman–Crippen LogP) is 5.88. The Hall–Kier alpha value is -3.41. The van der Waals surface area contributed by atoms with E-state index in [1.807, 2.05) is 37.3 Å². The zero-order valence-electron chi connectivity index (χ0n) is 19.3. The molecule has 1 heterocycles. The van der Waals surface area contributed by atoms with Gasteiger partial charge in [0.05, 0.1) is 20.3 Å². The summed E-state index contributed by atoms with van der Waals surface area (Å²) < 4.78 is 22.2. The molecule has 0 aliphatic carbocycles. The predicted molar refractivity (Wildman–Crippen MR) is 124 cm³/mol. The van der Waals surface area contributed by atoms with E-state index < -0.39 is 0 Å². The van der Waals surface area contributed by atoms with Gasteiger partial charge in [-0.2, -0.15) is 0 Å². The second-order valence-corrected chi connectivity index (χ2v) is 7.74. The van der Waals surface area contributed by atoms with Crippen LogP contribution in [0, 0.1) is 0 Å². The first-order valence-corrected chi connectivity index (χ1v) is 10.8. The van der Waals surface area contributed by atoms with Gasteiger partial charge in [0.2, 0.25) is 0 Å². The molecule has 0 fully saturated rings. The summed E-state index contributed by atoms with van der Waals surface area (Å²) in [6.07, 6.45) is 1.10. The molecular formula is C26H31NO5. The van der Waals surface area contributed by atoms with E-state index in [1.165, 1.54) is 5.56 Å². The van der Waals surface area contributed by atoms with Crippen LogP contribution >= 0.6 is 0 Å². The fourth-order valence-electron chi connectivity index (χ4n) is 3.38. The van der Waals surface area contributed by atoms with Crippen LogP contribution in [0.3, 0.4) is 0 Å². The van der Waals surface area contributed by atoms with Gasteiger partial charge < -0.3 is 23.9 Å². The molecule has 0 radical (unpaired) electrons. The number of furan rings is 1. The first kappa shape index (κ1) is 23.3. The smallest absolute Gasteiger partial charge is 0.287 e. The zero-order valence-corrected chi connectivity index (χ0v) is 19.3. The van der Waals surface area contributed by atoms with E-state index >= 15 is 0 Å². The van der Waals surface area contributed by atoms with E-state index in [2.05, 4.69) is 31.3 Å². The number of carbonyl (C=O) groups is 1. The summed E-state index contributed by atoms with van der Waals surface area (Å²) in [6, 6.07) is 16.6. The van der Waals surface area contributed by atoms with Crippen LogP contribution in [-0.4, -0.2) is 20.1 Å². The second kappa shape index (κ2) is 10.8. The van der Waals surface area contributed by atoms with Gasteiger partial charge in [-0.3, -0.25) is 4.79 Å². The van der Waals surface area contributed by atoms with Crippen molar-refractivity contribution in [3.8, 4) is 17.2 Å². The number of hydrogen-bond acceptors (Lipinski definition) is 5. The number of hydrogen-bond donors (Lipinski definition) is 1. The van der Waals surface area contributed by atoms with Gasteiger partial charge in [-0.15, -0.1) is 0 Å². The van der Waals surface area contributed by atoms with Crippen molar-refractivity contribution in [3.63, 3.8) is 0 Å². The fraction of sp³-hybridized carbons (Fsp3) is 0.346. The van der Waals surface area contributed by atoms with E-state index in [9.17, 15) is 4.79 Å². The van der Waals surface area contributed by atoms with Crippen LogP contribution in [0.25, 0.3) is 0 Å². The molecule has 2 aromatic carbocycles. The van der Waals surface area contributed by atoms with Gasteiger partial charge in [0.25, 0.3) is 5.91 Å². The molecule has 0 bridgehead atoms. The molecule has 1 aromatic heterocycles. The highest BCUT2D eigenvalue weighted by atomic mass is 16.5. The molecule has 0 aliphatic heterocycles. The third kappa shape index (κ3) is 5.63. The molecule has 170 valence electrons. The van der Waals surface area contributed by atoms with Crippen LogP contribution in [0.4, 0.5) is 0 Å². The van der Waals surface area contributed by atoms with E-state index in [0.29, 0.717) is 23.2 Å². The molecule has 2 atom stereocenters. The van der Waals surface area contributed by atoms with Gasteiger partial charge in [0.1, 0.15) is 29.6 Å². The van der Waals surface area contributed by atoms with Gasteiger partial charge in [-0.25, -0.2) is 0 Å². The average molecular weight is 438 g/mol. The maximum Gasteiger partial charge on any atom is 0.287 e. The lowest BCUT2D eigenvalue weighted by atomic mass is 9.99. The number of ether oxygens (including phenoxy) is 3. The van der Waals surface area contributed by atoms with Crippen molar-refractivity contribution >= 4 is 5.91 Å². The third-order valence-electron chi connectivity index (χ3n) is 5.58. The summed E-state index contributed by atoms with van der Waals surface area (Å²) in [4.78, 5) is 12.7. The lowest BCUT2D eigenvalue weighted by Gasteiger charge is -2.17. The van der Waals surface area contributed by atoms with Crippen molar-refractivity contribution in [2.24, 2.45) is 0 Å². The number of benzene rings is 2. The Balaban J connectivity index is 1.60. The van der Waals surface area contributed by atoms with Gasteiger partial charge in [-0.1, -0.05) is 26.0 Å². The molecular weight excluding hydrogens is 406 g/mol. The average Bonchev–Trinajstić information content (AvgIpc) is 3.31. The highest BCUT2D eigenvalue weighted by Gasteiger charge is 2.18. The third-order valence-corrected chi connectivity index (χ3v) is 5.58. The minimum absolute atomic E-state index is 0.226. The van der Waals surface area contributed by atoms with Crippen LogP contribution in [0.5, 0.6) is 17.2 Å². The quantitative estimate of drug-likeness (QED) is 0.429. The largest absolute Gasteiger partial charge is 0.497 e. The molecule has 3 rings (SSSR count). The minimum Gasteiger partial charge on any atom is -0.497 e. The van der Waals surface area contributed by atoms with Crippen LogP contribution in [-0.2, 0) is 6.61 Å². The zero-order chi connectivity index (χ0) is 23.1. The van der Waals surface area contributed by atoms with Gasteiger partial charge >= 0.3 is 0 Å². The van der Waals surface area contributed by atoms with E-state index in [1.54, 1.807) is 26.4 Å². The first-order chi connectivity index (χ1) is 15.4. The van der Waals surface area contributed by atoms with Crippen LogP contribution in [0.2, 0.25) is 0 Å². The van der Waals surface area contributed by atoms with E-state index in [-0.39, 0.29) is 24.3 Å². The van der Waals surface area contributed by atoms with Crippen molar-refractivity contribution < 1.29 is 23.4 Å². The molecule has 32 heavy (non-hydrogen) atoms. The Morgan fingerprint density at radius 1 is 0.969 bits per heavy atom. The molecule has 3 aromatic rings. The number of methoxy groups -OCH3 is 2. The SMILES string of the molecule is CCC(C)c1ccc(OCc2ccc(C(=O)NC(C)c3cc(OC)ccc3OC)o2)cc1. The monoisotopic (exact) mass is 437 g/mol. The molecule has 0 spiro atoms. The molecule has 2 unspecified atom stereocenters. The number of nitrogens with one attached hydrogen (secondary N) is 1. The Labute approximate surface area is 189 Å². The van der Waals surface area contributed by atoms with Crippen molar-refractivity contribution in [3.05, 3.63) is 77.2 Å². The normalized spacial score (nSPS) is 12.7. The lowest BCUT2D eigenvalue weighted by molar-refractivity contribution is 0.0907. The summed E-state index contributed by atoms with van der Waals surface area (Å²) in [5.41, 5.74) is 2.11. The van der Waals surface area contributed by atoms with Gasteiger partial charge in [0.15, 0.2) is 5.76 Å². The van der Waals surface area contributed by atoms with Crippen molar-refractivity contribution in [2.75, 3.05) is 14.2 Å². The number of carbonyl (C=O) groups excluding carboxylic acids is 1. The maximum atomic E-state index is 12.7. The standard InChI is InChI=1S/C26H31NO5/c1-6-17(2)19-7-9-20(10-8-19)31-16-22-12-14-25(32-22)26(28)27-18(3)23-15-21(29-4)11-13-24(23)30-5/h7-15,17-18H,6,16H2,1-5H3,(H,27,28). The maximum absolute atomic E-state index is 12.7. The summed E-state index contributed by atoms with van der Waals surface area (Å²) >= 11 is 0. The molecule has 6 heteroatoms. The summed E-state index contributed by atoms with van der Waals surface area (Å²) in [6.45, 7) is 6.50. The topological polar surface area (TPSA) is 69.9 Å². The van der Waals surface area contributed by atoms with Crippen molar-refractivity contribution in [2.45, 2.75) is 45.8 Å². The molecule has 0 saturated heterocycles. The highest BCUT2D eigenvalue weighted by Crippen LogP contribution is 2.29. The molecule has 0 aliphatic rings. The van der Waals surface area contributed by atoms with Crippen LogP contribution < -0.4 is 19.5 Å². The van der Waals surface area contributed by atoms with Crippen molar-refractivity contribution in [1.82, 2.24) is 5.32 Å². The number of rotatable bonds is 10. The first-order valence-electron chi connectivity index (χ1n) is 10.8. The molecule has 0 saturated carbocycles. The van der Waals surface area contributed by atoms with Crippen molar-refractivity contribution in [1.29, 1.82) is 0 Å². The number of amides is 1. The Morgan fingerprint density at radius 3 is 2.34 bits per heavy atom. The van der Waals surface area contributed by atoms with Gasteiger partial charge in [0, 0.05) is 5.56 Å². The highest BCUT2D eigenvalue weighted by molar-refractivity contribution is 5.91. The Kier molecular flexibility index (Phi) is 7.82. The minimum atomic E-state index is -0.313. The summed E-state index contributed by atoms with van der Waals surface area (Å²) in [7, 11) is 3.19. The van der Waals surface area contributed by atoms with Crippen LogP contribution in [0.15, 0.2) is 59.0 Å². The van der Waals surface area contributed by atoms with E-state index in [0.717, 1.165) is 17.7 Å². The second-order valence-electron chi connectivity index (χ2n) is 7.74. The summed E-state index contributed by atoms with van der Waals surface area (Å²) in [5.74, 6) is 3.14. The Bertz CT molecular complexity index is 1020. The molecule has 6 nitrogen and oxygen atoms in total. The van der Waals surface area contributed by atoms with Gasteiger partial charge in [-0.05, 0) is 67.3 Å². The lowest BCUT2D eigenvalue weighted by Crippen LogP contribution is -2.26. The summed E-state index contributed by atoms with van der Waals surface area (Å²) in [5, 5.41) is 2.94. The van der Waals surface area contributed by atoms with E-state index in [4.69, 9.17) is 18.6 Å². The van der Waals surface area contributed by atoms with Crippen LogP contribution in [0.1, 0.15) is 66.6 Å². The Morgan fingerprint density at radius 2 is 1.69 bits per heavy atom. The molecule has 1 N–H and O–H groups in total. The molecule has 1 amide bonds. The fourth-order valence-corrected chi connectivity index (χ4v) is 3.38.